The number of hydrogen-bond donors (Lipinski definition) is 8. The van der Waals surface area contributed by atoms with Crippen LogP contribution in [0.5, 0.6) is 5.75 Å². The van der Waals surface area contributed by atoms with Crippen LogP contribution in [0.25, 0.3) is 11.2 Å². The SMILES string of the molecule is COc1ccc(CC(N)C(=O)NC2C(COP(=O)(O)OC3CC(n4ccc(N)nc4=O)OC3COP(=O)(O)O)OC([n+]3c[nH]c4c(N(C)C)ncnc43)C2O)cc1. The molecule has 9 atom stereocenters. The normalized spacial score (nSPS) is 25.3. The number of nitrogens with two attached hydrogens (primary N) is 2. The molecule has 9 unspecified atom stereocenters. The molecule has 6 rings (SSSR count). The molecule has 0 radical (unpaired) electrons. The minimum Gasteiger partial charge on any atom is -0.497 e. The summed E-state index contributed by atoms with van der Waals surface area (Å²) in [5.41, 5.74) is 12.6. The van der Waals surface area contributed by atoms with Crippen molar-refractivity contribution in [2.75, 3.05) is 45.1 Å². The number of carbonyl (C=O) groups is 1. The largest absolute Gasteiger partial charge is 0.497 e. The average molecular weight is 842 g/mol. The highest BCUT2D eigenvalue weighted by molar-refractivity contribution is 7.47. The van der Waals surface area contributed by atoms with Gasteiger partial charge in [-0.3, -0.25) is 27.9 Å². The third kappa shape index (κ3) is 10.0. The van der Waals surface area contributed by atoms with Crippen molar-refractivity contribution in [3.05, 3.63) is 65.2 Å². The van der Waals surface area contributed by atoms with Crippen molar-refractivity contribution >= 4 is 44.4 Å². The van der Waals surface area contributed by atoms with Gasteiger partial charge in [-0.05, 0) is 30.2 Å². The maximum atomic E-state index is 13.5. The lowest BCUT2D eigenvalue weighted by Gasteiger charge is -2.25. The molecule has 5 heterocycles. The summed E-state index contributed by atoms with van der Waals surface area (Å²) < 4.78 is 59.8. The summed E-state index contributed by atoms with van der Waals surface area (Å²) >= 11 is 0. The lowest BCUT2D eigenvalue weighted by atomic mass is 10.0. The number of aromatic amines is 1. The van der Waals surface area contributed by atoms with E-state index in [9.17, 15) is 38.5 Å². The van der Waals surface area contributed by atoms with E-state index in [2.05, 4.69) is 29.8 Å². The molecule has 0 bridgehead atoms. The van der Waals surface area contributed by atoms with Crippen molar-refractivity contribution in [1.29, 1.82) is 0 Å². The van der Waals surface area contributed by atoms with Gasteiger partial charge in [0.25, 0.3) is 0 Å². The van der Waals surface area contributed by atoms with Crippen LogP contribution in [0.1, 0.15) is 24.4 Å². The van der Waals surface area contributed by atoms with E-state index in [1.54, 1.807) is 43.3 Å². The molecule has 1 amide bonds. The lowest BCUT2D eigenvalue weighted by molar-refractivity contribution is -0.745. The number of phosphoric acid groups is 2. The first-order valence-electron chi connectivity index (χ1n) is 17.2. The van der Waals surface area contributed by atoms with Gasteiger partial charge in [0, 0.05) is 26.7 Å². The van der Waals surface area contributed by atoms with E-state index in [0.717, 1.165) is 10.1 Å². The number of hydrogen-bond acceptors (Lipinski definition) is 17. The monoisotopic (exact) mass is 841 g/mol. The molecule has 2 aliphatic rings. The number of methoxy groups -OCH3 is 1. The van der Waals surface area contributed by atoms with Crippen LogP contribution in [0.2, 0.25) is 0 Å². The number of H-pyrrole nitrogens is 1. The Bertz CT molecular complexity index is 2200. The number of aliphatic hydroxyl groups is 1. The molecule has 4 aromatic rings. The molecule has 26 heteroatoms. The Morgan fingerprint density at radius 1 is 1.12 bits per heavy atom. The summed E-state index contributed by atoms with van der Waals surface area (Å²) in [6.07, 6.45) is -4.17. The Labute approximate surface area is 323 Å². The predicted molar refractivity (Wildman–Crippen MR) is 195 cm³/mol. The average Bonchev–Trinajstić information content (AvgIpc) is 3.84. The number of amides is 1. The van der Waals surface area contributed by atoms with Crippen LogP contribution in [-0.4, -0.2) is 121 Å². The Balaban J connectivity index is 1.21. The number of fused-ring (bicyclic) bond motifs is 1. The molecule has 0 aliphatic carbocycles. The molecule has 0 saturated carbocycles. The number of nitrogens with zero attached hydrogens (tertiary/aromatic N) is 6. The first-order valence-corrected chi connectivity index (χ1v) is 20.2. The Hall–Kier alpha value is -4.42. The Morgan fingerprint density at radius 2 is 1.84 bits per heavy atom. The quantitative estimate of drug-likeness (QED) is 0.0464. The number of nitrogen functional groups attached to an aromatic ring is 1. The minimum absolute atomic E-state index is 0.0819. The Kier molecular flexibility index (Phi) is 12.7. The van der Waals surface area contributed by atoms with Gasteiger partial charge in [-0.15, -0.1) is 0 Å². The van der Waals surface area contributed by atoms with Gasteiger partial charge in [-0.1, -0.05) is 17.1 Å². The fourth-order valence-electron chi connectivity index (χ4n) is 6.41. The minimum atomic E-state index is -5.12. The molecule has 2 saturated heterocycles. The third-order valence-electron chi connectivity index (χ3n) is 9.15. The van der Waals surface area contributed by atoms with Gasteiger partial charge in [-0.25, -0.2) is 18.5 Å². The van der Waals surface area contributed by atoms with Crippen molar-refractivity contribution in [3.63, 3.8) is 0 Å². The molecule has 3 aromatic heterocycles. The fourth-order valence-corrected chi connectivity index (χ4v) is 7.71. The highest BCUT2D eigenvalue weighted by atomic mass is 31.2. The number of nitrogens with one attached hydrogen (secondary N) is 2. The van der Waals surface area contributed by atoms with Crippen molar-refractivity contribution in [2.24, 2.45) is 5.73 Å². The topological polar surface area (TPSA) is 335 Å². The maximum absolute atomic E-state index is 13.5. The van der Waals surface area contributed by atoms with E-state index < -0.39 is 89.4 Å². The second-order valence-corrected chi connectivity index (χ2v) is 16.0. The van der Waals surface area contributed by atoms with E-state index in [4.69, 9.17) is 34.7 Å². The number of benzene rings is 1. The van der Waals surface area contributed by atoms with Crippen LogP contribution in [-0.2, 0) is 43.4 Å². The van der Waals surface area contributed by atoms with E-state index in [0.29, 0.717) is 22.7 Å². The summed E-state index contributed by atoms with van der Waals surface area (Å²) in [6, 6.07) is 5.84. The number of rotatable bonds is 16. The number of phosphoric ester groups is 2. The number of ether oxygens (including phenoxy) is 3. The van der Waals surface area contributed by atoms with E-state index >= 15 is 0 Å². The van der Waals surface area contributed by atoms with Crippen LogP contribution >= 0.6 is 15.6 Å². The van der Waals surface area contributed by atoms with Gasteiger partial charge < -0.3 is 55.7 Å². The first kappa shape index (κ1) is 42.2. The molecule has 57 heavy (non-hydrogen) atoms. The number of imidazole rings is 1. The molecule has 0 spiro atoms. The predicted octanol–water partition coefficient (Wildman–Crippen LogP) is -1.63. The van der Waals surface area contributed by atoms with Gasteiger partial charge in [0.05, 0.1) is 32.4 Å². The van der Waals surface area contributed by atoms with Gasteiger partial charge in [-0.2, -0.15) is 9.97 Å². The molecule has 1 aromatic carbocycles. The molecule has 24 nitrogen and oxygen atoms in total. The van der Waals surface area contributed by atoms with Gasteiger partial charge in [0.1, 0.15) is 42.2 Å². The summed E-state index contributed by atoms with van der Waals surface area (Å²) in [7, 11) is -5.09. The zero-order valence-electron chi connectivity index (χ0n) is 30.7. The summed E-state index contributed by atoms with van der Waals surface area (Å²) in [5, 5.41) is 14.4. The van der Waals surface area contributed by atoms with Crippen molar-refractivity contribution < 1.29 is 66.1 Å². The third-order valence-corrected chi connectivity index (χ3v) is 10.7. The van der Waals surface area contributed by atoms with Crippen LogP contribution in [0.3, 0.4) is 0 Å². The second kappa shape index (κ2) is 17.2. The highest BCUT2D eigenvalue weighted by Crippen LogP contribution is 2.49. The molecule has 10 N–H and O–H groups in total. The summed E-state index contributed by atoms with van der Waals surface area (Å²) in [5.74, 6) is 0.378. The van der Waals surface area contributed by atoms with Crippen molar-refractivity contribution in [2.45, 2.75) is 61.8 Å². The first-order chi connectivity index (χ1) is 26.9. The van der Waals surface area contributed by atoms with Gasteiger partial charge in [0.15, 0.2) is 18.5 Å². The molecule has 2 fully saturated rings. The number of aliphatic hydroxyl groups excluding tert-OH is 1. The van der Waals surface area contributed by atoms with E-state index in [1.165, 1.54) is 36.6 Å². The van der Waals surface area contributed by atoms with Crippen molar-refractivity contribution in [1.82, 2.24) is 29.8 Å². The van der Waals surface area contributed by atoms with Crippen LogP contribution in [0.4, 0.5) is 11.6 Å². The zero-order valence-corrected chi connectivity index (χ0v) is 32.5. The number of carbonyl (C=O) groups excluding carboxylic acids is 1. The number of anilines is 2. The smallest absolute Gasteiger partial charge is 0.472 e. The standard InChI is InChI=1S/C31H42N10O14P2/c1-39(2)27-25-28(35-14-34-27)41(15-36-25)30-26(42)24(38-29(43)18(32)10-16-4-6-17(50-3)7-5-16)21(54-30)13-52-57(48,49)55-19-11-23(40-9-8-22(33)37-31(40)44)53-20(19)12-51-56(45,46)47/h4-9,14-15,18-21,23-24,26,30,42H,10-13,32H2,1-3H3,(H6,33,37,38,43,44,45,46,47,48,49)/p+1. The van der Waals surface area contributed by atoms with Crippen LogP contribution in [0.15, 0.2) is 54.0 Å². The molecular formula is C31H43N10O14P2+. The van der Waals surface area contributed by atoms with Crippen LogP contribution < -0.4 is 36.7 Å². The molecule has 310 valence electrons. The summed E-state index contributed by atoms with van der Waals surface area (Å²) in [4.78, 5) is 72.5. The fraction of sp³-hybridized carbons (Fsp3) is 0.484. The summed E-state index contributed by atoms with van der Waals surface area (Å²) in [6.45, 7) is -1.56. The number of aromatic nitrogens is 6. The maximum Gasteiger partial charge on any atom is 0.472 e. The molecule has 2 aliphatic heterocycles. The van der Waals surface area contributed by atoms with E-state index in [-0.39, 0.29) is 18.7 Å². The zero-order chi connectivity index (χ0) is 41.2. The Morgan fingerprint density at radius 3 is 2.51 bits per heavy atom. The van der Waals surface area contributed by atoms with Crippen LogP contribution in [0, 0.1) is 0 Å². The lowest BCUT2D eigenvalue weighted by Crippen LogP contribution is -2.55. The second-order valence-electron chi connectivity index (χ2n) is 13.3. The highest BCUT2D eigenvalue weighted by Gasteiger charge is 2.50. The van der Waals surface area contributed by atoms with Gasteiger partial charge in [0.2, 0.25) is 17.7 Å². The van der Waals surface area contributed by atoms with E-state index in [1.807, 2.05) is 0 Å². The van der Waals surface area contributed by atoms with Gasteiger partial charge >= 0.3 is 27.0 Å². The van der Waals surface area contributed by atoms with Crippen molar-refractivity contribution in [3.8, 4) is 5.75 Å². The molecular weight excluding hydrogens is 798 g/mol.